The summed E-state index contributed by atoms with van der Waals surface area (Å²) >= 11 is 6.30. The van der Waals surface area contributed by atoms with Crippen LogP contribution in [0.15, 0.2) is 58.7 Å². The van der Waals surface area contributed by atoms with Gasteiger partial charge in [0.05, 0.1) is 37.8 Å². The van der Waals surface area contributed by atoms with Crippen molar-refractivity contribution in [2.24, 2.45) is 0 Å². The smallest absolute Gasteiger partial charge is 0.284 e. The highest BCUT2D eigenvalue weighted by Crippen LogP contribution is 2.39. The third-order valence-corrected chi connectivity index (χ3v) is 7.52. The molecule has 1 aliphatic rings. The summed E-state index contributed by atoms with van der Waals surface area (Å²) in [6.07, 6.45) is 7.86. The normalized spacial score (nSPS) is 17.0. The fraction of sp³-hybridized carbons (Fsp3) is 0.217. The van der Waals surface area contributed by atoms with Gasteiger partial charge in [-0.1, -0.05) is 17.7 Å². The summed E-state index contributed by atoms with van der Waals surface area (Å²) in [5.41, 5.74) is 0.748. The van der Waals surface area contributed by atoms with Crippen molar-refractivity contribution in [2.75, 3.05) is 17.7 Å². The van der Waals surface area contributed by atoms with Gasteiger partial charge >= 0.3 is 0 Å². The monoisotopic (exact) mass is 511 g/mol. The number of hydrogen-bond donors (Lipinski definition) is 1. The quantitative estimate of drug-likeness (QED) is 0.395. The van der Waals surface area contributed by atoms with Crippen molar-refractivity contribution in [2.45, 2.75) is 23.8 Å². The van der Waals surface area contributed by atoms with Crippen molar-refractivity contribution < 1.29 is 8.60 Å². The third-order valence-electron chi connectivity index (χ3n) is 6.27. The van der Waals surface area contributed by atoms with Gasteiger partial charge in [0.2, 0.25) is 0 Å². The van der Waals surface area contributed by atoms with Crippen molar-refractivity contribution in [1.29, 1.82) is 0 Å². The Morgan fingerprint density at radius 1 is 1.26 bits per heavy atom. The highest BCUT2D eigenvalue weighted by Gasteiger charge is 2.34. The van der Waals surface area contributed by atoms with E-state index in [9.17, 15) is 13.4 Å². The Bertz CT molecular complexity index is 1690. The Hall–Kier alpha value is -3.57. The Morgan fingerprint density at radius 2 is 2.11 bits per heavy atom. The molecule has 0 radical (unpaired) electrons. The molecule has 0 aliphatic carbocycles. The van der Waals surface area contributed by atoms with E-state index < -0.39 is 22.2 Å². The lowest BCUT2D eigenvalue weighted by Crippen LogP contribution is -2.33. The van der Waals surface area contributed by atoms with Crippen LogP contribution in [0.25, 0.3) is 22.2 Å². The first-order chi connectivity index (χ1) is 16.9. The maximum atomic E-state index is 14.2. The minimum absolute atomic E-state index is 0.211. The number of anilines is 1. The predicted molar refractivity (Wildman–Crippen MR) is 131 cm³/mol. The second kappa shape index (κ2) is 8.28. The molecule has 1 unspecified atom stereocenters. The number of aromatic nitrogens is 6. The van der Waals surface area contributed by atoms with Gasteiger partial charge in [-0.3, -0.25) is 13.6 Å². The van der Waals surface area contributed by atoms with Crippen LogP contribution in [0.2, 0.25) is 5.02 Å². The Kier molecular flexibility index (Phi) is 5.19. The summed E-state index contributed by atoms with van der Waals surface area (Å²) in [5.74, 6) is 0.568. The molecular formula is C23H19ClFN7O2S. The van der Waals surface area contributed by atoms with Crippen LogP contribution in [0.3, 0.4) is 0 Å². The molecule has 2 atom stereocenters. The maximum absolute atomic E-state index is 14.2. The molecule has 0 spiro atoms. The molecule has 5 heterocycles. The highest BCUT2D eigenvalue weighted by molar-refractivity contribution is 7.84. The zero-order valence-electron chi connectivity index (χ0n) is 18.5. The van der Waals surface area contributed by atoms with E-state index in [1.54, 1.807) is 36.8 Å². The first-order valence-electron chi connectivity index (χ1n) is 10.9. The Labute approximate surface area is 205 Å². The molecule has 35 heavy (non-hydrogen) atoms. The second-order valence-corrected chi connectivity index (χ2v) is 10.1. The lowest BCUT2D eigenvalue weighted by Gasteiger charge is -2.27. The molecular weight excluding hydrogens is 493 g/mol. The van der Waals surface area contributed by atoms with Crippen LogP contribution in [0.5, 0.6) is 0 Å². The number of benzene rings is 1. The zero-order chi connectivity index (χ0) is 24.3. The molecule has 178 valence electrons. The van der Waals surface area contributed by atoms with Gasteiger partial charge in [-0.25, -0.2) is 18.9 Å². The van der Waals surface area contributed by atoms with Crippen molar-refractivity contribution in [3.05, 3.63) is 76.1 Å². The van der Waals surface area contributed by atoms with Gasteiger partial charge in [0, 0.05) is 25.2 Å². The summed E-state index contributed by atoms with van der Waals surface area (Å²) in [7, 11) is -1.26. The van der Waals surface area contributed by atoms with E-state index in [4.69, 9.17) is 16.7 Å². The lowest BCUT2D eigenvalue weighted by molar-refractivity contribution is 0.596. The summed E-state index contributed by atoms with van der Waals surface area (Å²) < 4.78 is 29.5. The minimum atomic E-state index is -1.26. The van der Waals surface area contributed by atoms with Gasteiger partial charge in [0.1, 0.15) is 29.1 Å². The van der Waals surface area contributed by atoms with Gasteiger partial charge in [-0.05, 0) is 37.1 Å². The van der Waals surface area contributed by atoms with Crippen LogP contribution in [0.4, 0.5) is 10.2 Å². The Balaban J connectivity index is 1.61. The number of rotatable bonds is 4. The molecule has 4 aromatic heterocycles. The lowest BCUT2D eigenvalue weighted by atomic mass is 10.2. The SMILES string of the molecule is C[S@](=O)c1c[nH]c2ncnc(N3CCCC3c3nn4ccc(Cl)c4c(=O)n3-c3cccc(F)c3)c12. The maximum Gasteiger partial charge on any atom is 0.284 e. The highest BCUT2D eigenvalue weighted by atomic mass is 35.5. The molecule has 12 heteroatoms. The van der Waals surface area contributed by atoms with Gasteiger partial charge in [0.25, 0.3) is 5.56 Å². The van der Waals surface area contributed by atoms with Crippen LogP contribution in [0.1, 0.15) is 24.7 Å². The van der Waals surface area contributed by atoms with E-state index in [1.807, 2.05) is 4.90 Å². The summed E-state index contributed by atoms with van der Waals surface area (Å²) in [6.45, 7) is 0.640. The number of hydrogen-bond acceptors (Lipinski definition) is 6. The first kappa shape index (κ1) is 21.9. The predicted octanol–water partition coefficient (Wildman–Crippen LogP) is 3.63. The van der Waals surface area contributed by atoms with Gasteiger partial charge < -0.3 is 9.88 Å². The van der Waals surface area contributed by atoms with E-state index in [-0.39, 0.29) is 16.6 Å². The van der Waals surface area contributed by atoms with Crippen molar-refractivity contribution in [1.82, 2.24) is 29.1 Å². The average molecular weight is 512 g/mol. The Morgan fingerprint density at radius 3 is 2.91 bits per heavy atom. The largest absolute Gasteiger partial charge is 0.346 e. The van der Waals surface area contributed by atoms with Crippen LogP contribution in [0, 0.1) is 5.82 Å². The minimum Gasteiger partial charge on any atom is -0.346 e. The molecule has 0 amide bonds. The molecule has 1 aliphatic heterocycles. The van der Waals surface area contributed by atoms with Gasteiger partial charge in [0.15, 0.2) is 5.82 Å². The van der Waals surface area contributed by atoms with E-state index in [2.05, 4.69) is 15.0 Å². The fourth-order valence-electron chi connectivity index (χ4n) is 4.78. The van der Waals surface area contributed by atoms with Crippen molar-refractivity contribution in [3.63, 3.8) is 0 Å². The molecule has 1 saturated heterocycles. The average Bonchev–Trinajstić information content (AvgIpc) is 3.57. The van der Waals surface area contributed by atoms with Gasteiger partial charge in [-0.2, -0.15) is 5.10 Å². The van der Waals surface area contributed by atoms with E-state index >= 15 is 0 Å². The third kappa shape index (κ3) is 3.45. The summed E-state index contributed by atoms with van der Waals surface area (Å²) in [4.78, 5) is 28.2. The van der Waals surface area contributed by atoms with Crippen molar-refractivity contribution in [3.8, 4) is 5.69 Å². The van der Waals surface area contributed by atoms with Crippen molar-refractivity contribution >= 4 is 44.8 Å². The molecule has 0 saturated carbocycles. The van der Waals surface area contributed by atoms with E-state index in [0.717, 1.165) is 6.42 Å². The number of nitrogens with zero attached hydrogens (tertiary/aromatic N) is 6. The molecule has 1 aromatic carbocycles. The molecule has 1 N–H and O–H groups in total. The topological polar surface area (TPSA) is 101 Å². The first-order valence-corrected chi connectivity index (χ1v) is 12.9. The zero-order valence-corrected chi connectivity index (χ0v) is 20.1. The van der Waals surface area contributed by atoms with Crippen LogP contribution in [-0.2, 0) is 10.8 Å². The van der Waals surface area contributed by atoms with Gasteiger partial charge in [-0.15, -0.1) is 0 Å². The van der Waals surface area contributed by atoms with Crippen LogP contribution in [-0.4, -0.2) is 46.1 Å². The summed E-state index contributed by atoms with van der Waals surface area (Å²) in [5, 5.41) is 5.70. The molecule has 1 fully saturated rings. The second-order valence-electron chi connectivity index (χ2n) is 8.31. The number of fused-ring (bicyclic) bond motifs is 2. The number of H-pyrrole nitrogens is 1. The van der Waals surface area contributed by atoms with Crippen LogP contribution >= 0.6 is 11.6 Å². The molecule has 5 aromatic rings. The number of halogens is 2. The molecule has 9 nitrogen and oxygen atoms in total. The van der Waals surface area contributed by atoms with E-state index in [1.165, 1.54) is 27.5 Å². The number of aromatic amines is 1. The molecule has 6 rings (SSSR count). The number of nitrogens with one attached hydrogen (secondary N) is 1. The van der Waals surface area contributed by atoms with Crippen LogP contribution < -0.4 is 10.5 Å². The van der Waals surface area contributed by atoms with E-state index in [0.29, 0.717) is 46.2 Å². The standard InChI is InChI=1S/C23H19ClFN7O2S/c1-35(34)17-11-26-20-18(17)22(28-12-27-20)30-8-3-6-16(30)21-29-31-9-7-15(24)19(31)23(33)32(21)14-5-2-4-13(25)10-14/h2,4-5,7,9-12,16H,3,6,8H2,1H3,(H,26,27,28)/t16?,35-/m0/s1. The summed E-state index contributed by atoms with van der Waals surface area (Å²) in [6, 6.07) is 7.08. The fourth-order valence-corrected chi connectivity index (χ4v) is 5.70. The molecule has 0 bridgehead atoms.